The van der Waals surface area contributed by atoms with Gasteiger partial charge in [-0.25, -0.2) is 0 Å². The van der Waals surface area contributed by atoms with Gasteiger partial charge in [-0.3, -0.25) is 4.79 Å². The van der Waals surface area contributed by atoms with E-state index >= 15 is 0 Å². The van der Waals surface area contributed by atoms with Crippen molar-refractivity contribution in [3.05, 3.63) is 29.3 Å². The third-order valence-electron chi connectivity index (χ3n) is 5.76. The van der Waals surface area contributed by atoms with Crippen LogP contribution in [0.25, 0.3) is 0 Å². The van der Waals surface area contributed by atoms with Gasteiger partial charge in [0, 0.05) is 25.0 Å². The third-order valence-corrected chi connectivity index (χ3v) is 5.76. The standard InChI is InChI=1S/C21H32N2O2/c1-15(2)21(24)23-10-8-16(9-11-23)14-22-19-6-4-17-5-7-20(25-3)13-18(17)12-19/h5,7,13,15-16,19,22H,4,6,8-12,14H2,1-3H3/t19-/m0/s1. The number of methoxy groups -OCH3 is 1. The third kappa shape index (κ3) is 4.55. The number of piperidine rings is 1. The van der Waals surface area contributed by atoms with E-state index in [1.807, 2.05) is 18.7 Å². The predicted molar refractivity (Wildman–Crippen MR) is 101 cm³/mol. The highest BCUT2D eigenvalue weighted by molar-refractivity contribution is 5.78. The Bertz CT molecular complexity index is 592. The zero-order chi connectivity index (χ0) is 17.8. The lowest BCUT2D eigenvalue weighted by Crippen LogP contribution is -2.44. The molecule has 1 aliphatic carbocycles. The van der Waals surface area contributed by atoms with Gasteiger partial charge in [-0.2, -0.15) is 0 Å². The molecule has 1 aromatic rings. The first kappa shape index (κ1) is 18.2. The topological polar surface area (TPSA) is 41.6 Å². The van der Waals surface area contributed by atoms with Crippen molar-refractivity contribution >= 4 is 5.91 Å². The van der Waals surface area contributed by atoms with E-state index in [4.69, 9.17) is 4.74 Å². The molecule has 1 atom stereocenters. The summed E-state index contributed by atoms with van der Waals surface area (Å²) in [4.78, 5) is 14.1. The molecule has 0 radical (unpaired) electrons. The largest absolute Gasteiger partial charge is 0.497 e. The lowest BCUT2D eigenvalue weighted by Gasteiger charge is -2.34. The number of carbonyl (C=O) groups is 1. The monoisotopic (exact) mass is 344 g/mol. The van der Waals surface area contributed by atoms with Crippen molar-refractivity contribution in [3.8, 4) is 5.75 Å². The van der Waals surface area contributed by atoms with Gasteiger partial charge in [-0.1, -0.05) is 19.9 Å². The summed E-state index contributed by atoms with van der Waals surface area (Å²) in [5.41, 5.74) is 2.90. The first-order valence-corrected chi connectivity index (χ1v) is 9.74. The molecule has 1 saturated heterocycles. The Kier molecular flexibility index (Phi) is 6.00. The number of aryl methyl sites for hydroxylation is 1. The Morgan fingerprint density at radius 1 is 1.24 bits per heavy atom. The maximum absolute atomic E-state index is 12.1. The molecule has 1 N–H and O–H groups in total. The normalized spacial score (nSPS) is 21.3. The van der Waals surface area contributed by atoms with Gasteiger partial charge in [-0.15, -0.1) is 0 Å². The summed E-state index contributed by atoms with van der Waals surface area (Å²) in [5.74, 6) is 2.09. The van der Waals surface area contributed by atoms with Crippen LogP contribution in [0.2, 0.25) is 0 Å². The van der Waals surface area contributed by atoms with E-state index in [-0.39, 0.29) is 5.92 Å². The molecular weight excluding hydrogens is 312 g/mol. The Morgan fingerprint density at radius 2 is 2.00 bits per heavy atom. The van der Waals surface area contributed by atoms with E-state index in [1.54, 1.807) is 7.11 Å². The van der Waals surface area contributed by atoms with E-state index in [2.05, 4.69) is 23.5 Å². The molecule has 1 amide bonds. The molecule has 1 aliphatic heterocycles. The van der Waals surface area contributed by atoms with Crippen LogP contribution in [-0.2, 0) is 17.6 Å². The molecule has 0 spiro atoms. The highest BCUT2D eigenvalue weighted by Crippen LogP contribution is 2.26. The average Bonchev–Trinajstić information content (AvgIpc) is 2.65. The van der Waals surface area contributed by atoms with E-state index in [0.717, 1.165) is 51.1 Å². The molecule has 0 saturated carbocycles. The van der Waals surface area contributed by atoms with E-state index in [9.17, 15) is 4.79 Å². The second-order valence-electron chi connectivity index (χ2n) is 7.91. The smallest absolute Gasteiger partial charge is 0.225 e. The zero-order valence-corrected chi connectivity index (χ0v) is 15.9. The highest BCUT2D eigenvalue weighted by atomic mass is 16.5. The number of nitrogens with zero attached hydrogens (tertiary/aromatic N) is 1. The van der Waals surface area contributed by atoms with Gasteiger partial charge in [0.2, 0.25) is 5.91 Å². The van der Waals surface area contributed by atoms with Gasteiger partial charge in [0.15, 0.2) is 0 Å². The van der Waals surface area contributed by atoms with Gasteiger partial charge >= 0.3 is 0 Å². The van der Waals surface area contributed by atoms with Gasteiger partial charge in [0.25, 0.3) is 0 Å². The molecule has 4 heteroatoms. The van der Waals surface area contributed by atoms with E-state index in [0.29, 0.717) is 17.9 Å². The van der Waals surface area contributed by atoms with Crippen molar-refractivity contribution in [1.29, 1.82) is 0 Å². The van der Waals surface area contributed by atoms with Crippen molar-refractivity contribution in [2.24, 2.45) is 11.8 Å². The molecule has 3 rings (SSSR count). The summed E-state index contributed by atoms with van der Waals surface area (Å²) >= 11 is 0. The van der Waals surface area contributed by atoms with Crippen molar-refractivity contribution in [3.63, 3.8) is 0 Å². The summed E-state index contributed by atoms with van der Waals surface area (Å²) in [6, 6.07) is 7.04. The predicted octanol–water partition coefficient (Wildman–Crippen LogP) is 3.04. The lowest BCUT2D eigenvalue weighted by molar-refractivity contribution is -0.135. The minimum Gasteiger partial charge on any atom is -0.497 e. The van der Waals surface area contributed by atoms with Crippen LogP contribution in [0, 0.1) is 11.8 Å². The molecule has 0 aromatic heterocycles. The van der Waals surface area contributed by atoms with Crippen LogP contribution in [-0.4, -0.2) is 43.6 Å². The summed E-state index contributed by atoms with van der Waals surface area (Å²) < 4.78 is 5.36. The molecule has 25 heavy (non-hydrogen) atoms. The second-order valence-corrected chi connectivity index (χ2v) is 7.91. The Balaban J connectivity index is 1.45. The number of ether oxygens (including phenoxy) is 1. The Hall–Kier alpha value is -1.55. The van der Waals surface area contributed by atoms with Crippen LogP contribution in [0.3, 0.4) is 0 Å². The number of benzene rings is 1. The number of carbonyl (C=O) groups excluding carboxylic acids is 1. The Labute approximate surface area is 151 Å². The minimum absolute atomic E-state index is 0.119. The summed E-state index contributed by atoms with van der Waals surface area (Å²) in [6.07, 6.45) is 5.71. The molecule has 4 nitrogen and oxygen atoms in total. The number of likely N-dealkylation sites (tertiary alicyclic amines) is 1. The van der Waals surface area contributed by atoms with Crippen molar-refractivity contribution in [1.82, 2.24) is 10.2 Å². The summed E-state index contributed by atoms with van der Waals surface area (Å²) in [6.45, 7) is 6.91. The van der Waals surface area contributed by atoms with Crippen LogP contribution >= 0.6 is 0 Å². The number of amides is 1. The molecule has 1 aromatic carbocycles. The first-order chi connectivity index (χ1) is 12.1. The quantitative estimate of drug-likeness (QED) is 0.893. The first-order valence-electron chi connectivity index (χ1n) is 9.74. The summed E-state index contributed by atoms with van der Waals surface area (Å²) in [7, 11) is 1.73. The maximum Gasteiger partial charge on any atom is 0.225 e. The van der Waals surface area contributed by atoms with Gasteiger partial charge in [0.1, 0.15) is 5.75 Å². The van der Waals surface area contributed by atoms with Gasteiger partial charge in [0.05, 0.1) is 7.11 Å². The number of hydrogen-bond acceptors (Lipinski definition) is 3. The minimum atomic E-state index is 0.119. The number of fused-ring (bicyclic) bond motifs is 1. The number of hydrogen-bond donors (Lipinski definition) is 1. The zero-order valence-electron chi connectivity index (χ0n) is 15.9. The molecule has 2 aliphatic rings. The molecular formula is C21H32N2O2. The average molecular weight is 344 g/mol. The summed E-state index contributed by atoms with van der Waals surface area (Å²) in [5, 5.41) is 3.79. The SMILES string of the molecule is COc1ccc2c(c1)C[C@@H](NCC1CCN(C(=O)C(C)C)CC1)CC2. The van der Waals surface area contributed by atoms with Crippen LogP contribution < -0.4 is 10.1 Å². The number of nitrogens with one attached hydrogen (secondary N) is 1. The molecule has 138 valence electrons. The van der Waals surface area contributed by atoms with Crippen LogP contribution in [0.4, 0.5) is 0 Å². The van der Waals surface area contributed by atoms with E-state index in [1.165, 1.54) is 17.5 Å². The fraction of sp³-hybridized carbons (Fsp3) is 0.667. The van der Waals surface area contributed by atoms with Crippen LogP contribution in [0.1, 0.15) is 44.2 Å². The van der Waals surface area contributed by atoms with Crippen molar-refractivity contribution in [2.45, 2.75) is 52.0 Å². The van der Waals surface area contributed by atoms with Crippen LogP contribution in [0.5, 0.6) is 5.75 Å². The molecule has 0 unspecified atom stereocenters. The molecule has 1 heterocycles. The van der Waals surface area contributed by atoms with Crippen LogP contribution in [0.15, 0.2) is 18.2 Å². The maximum atomic E-state index is 12.1. The molecule has 0 bridgehead atoms. The molecule has 1 fully saturated rings. The van der Waals surface area contributed by atoms with Crippen molar-refractivity contribution < 1.29 is 9.53 Å². The van der Waals surface area contributed by atoms with Gasteiger partial charge in [-0.05, 0) is 67.8 Å². The second kappa shape index (κ2) is 8.22. The fourth-order valence-electron chi connectivity index (χ4n) is 4.09. The van der Waals surface area contributed by atoms with Gasteiger partial charge < -0.3 is 15.0 Å². The fourth-order valence-corrected chi connectivity index (χ4v) is 4.09. The van der Waals surface area contributed by atoms with E-state index < -0.39 is 0 Å². The number of rotatable bonds is 5. The highest BCUT2D eigenvalue weighted by Gasteiger charge is 2.25. The van der Waals surface area contributed by atoms with Crippen molar-refractivity contribution in [2.75, 3.05) is 26.7 Å². The Morgan fingerprint density at radius 3 is 2.68 bits per heavy atom. The lowest BCUT2D eigenvalue weighted by atomic mass is 9.87.